The number of Topliss-reactive ketones (excluding diaryl/α,β-unsaturated/α-hetero) is 1. The lowest BCUT2D eigenvalue weighted by atomic mass is 10.1. The van der Waals surface area contributed by atoms with Crippen molar-refractivity contribution in [3.8, 4) is 5.69 Å². The number of carbonyl (C=O) groups excluding carboxylic acids is 1. The Balaban J connectivity index is 2.55. The van der Waals surface area contributed by atoms with Crippen LogP contribution in [0, 0.1) is 13.8 Å². The SMILES string of the molecule is Cc1cc(C(=O)CN)c(C)n1-c1ccc(Cl)cc1. The van der Waals surface area contributed by atoms with Crippen molar-refractivity contribution >= 4 is 17.4 Å². The van der Waals surface area contributed by atoms with Crippen molar-refractivity contribution in [2.45, 2.75) is 13.8 Å². The molecule has 1 heterocycles. The normalized spacial score (nSPS) is 10.7. The van der Waals surface area contributed by atoms with Gasteiger partial charge in [-0.25, -0.2) is 0 Å². The Morgan fingerprint density at radius 1 is 1.28 bits per heavy atom. The average Bonchev–Trinajstić information content (AvgIpc) is 2.65. The van der Waals surface area contributed by atoms with Gasteiger partial charge in [-0.2, -0.15) is 0 Å². The molecule has 2 N–H and O–H groups in total. The number of hydrogen-bond donors (Lipinski definition) is 1. The number of ketones is 1. The molecule has 18 heavy (non-hydrogen) atoms. The van der Waals surface area contributed by atoms with Crippen LogP contribution in [0.5, 0.6) is 0 Å². The Kier molecular flexibility index (Phi) is 3.55. The molecule has 2 rings (SSSR count). The molecule has 1 aromatic carbocycles. The van der Waals surface area contributed by atoms with Gasteiger partial charge in [-0.15, -0.1) is 0 Å². The van der Waals surface area contributed by atoms with E-state index in [1.54, 1.807) is 0 Å². The smallest absolute Gasteiger partial charge is 0.178 e. The van der Waals surface area contributed by atoms with Crippen LogP contribution in [0.3, 0.4) is 0 Å². The van der Waals surface area contributed by atoms with Gasteiger partial charge in [-0.05, 0) is 44.2 Å². The van der Waals surface area contributed by atoms with Crippen molar-refractivity contribution in [3.63, 3.8) is 0 Å². The van der Waals surface area contributed by atoms with Crippen LogP contribution in [0.25, 0.3) is 5.69 Å². The van der Waals surface area contributed by atoms with Crippen LogP contribution < -0.4 is 5.73 Å². The summed E-state index contributed by atoms with van der Waals surface area (Å²) in [6, 6.07) is 9.40. The van der Waals surface area contributed by atoms with Crippen molar-refractivity contribution in [3.05, 3.63) is 52.3 Å². The largest absolute Gasteiger partial charge is 0.324 e. The second-order valence-corrected chi connectivity index (χ2v) is 4.66. The zero-order valence-electron chi connectivity index (χ0n) is 10.4. The van der Waals surface area contributed by atoms with Gasteiger partial charge in [0.05, 0.1) is 6.54 Å². The highest BCUT2D eigenvalue weighted by Gasteiger charge is 2.15. The first kappa shape index (κ1) is 12.9. The first-order valence-corrected chi connectivity index (χ1v) is 6.10. The maximum absolute atomic E-state index is 11.7. The Morgan fingerprint density at radius 3 is 2.44 bits per heavy atom. The zero-order chi connectivity index (χ0) is 13.3. The van der Waals surface area contributed by atoms with Crippen LogP contribution in [-0.4, -0.2) is 16.9 Å². The fourth-order valence-electron chi connectivity index (χ4n) is 2.14. The van der Waals surface area contributed by atoms with Gasteiger partial charge in [0.15, 0.2) is 5.78 Å². The molecule has 1 aromatic heterocycles. The summed E-state index contributed by atoms with van der Waals surface area (Å²) in [7, 11) is 0. The van der Waals surface area contributed by atoms with Crippen LogP contribution in [0.1, 0.15) is 21.7 Å². The van der Waals surface area contributed by atoms with E-state index < -0.39 is 0 Å². The molecule has 2 aromatic rings. The zero-order valence-corrected chi connectivity index (χ0v) is 11.2. The number of benzene rings is 1. The molecule has 0 aliphatic carbocycles. The topological polar surface area (TPSA) is 48.0 Å². The first-order chi connectivity index (χ1) is 8.54. The van der Waals surface area contributed by atoms with Crippen LogP contribution in [0.15, 0.2) is 30.3 Å². The van der Waals surface area contributed by atoms with E-state index in [-0.39, 0.29) is 12.3 Å². The molecule has 0 fully saturated rings. The fraction of sp³-hybridized carbons (Fsp3) is 0.214. The maximum Gasteiger partial charge on any atom is 0.178 e. The van der Waals surface area contributed by atoms with E-state index in [9.17, 15) is 4.79 Å². The molecule has 0 amide bonds. The average molecular weight is 263 g/mol. The summed E-state index contributed by atoms with van der Waals surface area (Å²) in [4.78, 5) is 11.7. The van der Waals surface area contributed by atoms with Crippen LogP contribution in [0.2, 0.25) is 5.02 Å². The summed E-state index contributed by atoms with van der Waals surface area (Å²) in [6.45, 7) is 3.92. The molecule has 0 saturated carbocycles. The molecule has 4 heteroatoms. The third-order valence-electron chi connectivity index (χ3n) is 3.00. The number of hydrogen-bond acceptors (Lipinski definition) is 2. The molecular weight excluding hydrogens is 248 g/mol. The highest BCUT2D eigenvalue weighted by Crippen LogP contribution is 2.22. The van der Waals surface area contributed by atoms with Crippen molar-refractivity contribution in [1.82, 2.24) is 4.57 Å². The highest BCUT2D eigenvalue weighted by atomic mass is 35.5. The Bertz CT molecular complexity index is 585. The Labute approximate surface area is 111 Å². The standard InChI is InChI=1S/C14H15ClN2O/c1-9-7-13(14(18)8-16)10(2)17(9)12-5-3-11(15)4-6-12/h3-7H,8,16H2,1-2H3. The van der Waals surface area contributed by atoms with Crippen molar-refractivity contribution in [2.24, 2.45) is 5.73 Å². The predicted molar refractivity (Wildman–Crippen MR) is 73.6 cm³/mol. The number of nitrogens with zero attached hydrogens (tertiary/aromatic N) is 1. The van der Waals surface area contributed by atoms with Crippen LogP contribution in [0.4, 0.5) is 0 Å². The minimum atomic E-state index is -0.0386. The van der Waals surface area contributed by atoms with Crippen molar-refractivity contribution in [1.29, 1.82) is 0 Å². The monoisotopic (exact) mass is 262 g/mol. The number of nitrogens with two attached hydrogens (primary N) is 1. The van der Waals surface area contributed by atoms with E-state index in [1.165, 1.54) is 0 Å². The van der Waals surface area contributed by atoms with Crippen LogP contribution >= 0.6 is 11.6 Å². The molecule has 0 aliphatic heterocycles. The van der Waals surface area contributed by atoms with Gasteiger partial charge in [-0.3, -0.25) is 4.79 Å². The van der Waals surface area contributed by atoms with Gasteiger partial charge in [0.2, 0.25) is 0 Å². The summed E-state index contributed by atoms with van der Waals surface area (Å²) in [6.07, 6.45) is 0. The quantitative estimate of drug-likeness (QED) is 0.865. The number of halogens is 1. The van der Waals surface area contributed by atoms with Gasteiger partial charge < -0.3 is 10.3 Å². The number of rotatable bonds is 3. The molecule has 0 atom stereocenters. The minimum absolute atomic E-state index is 0.0326. The molecule has 94 valence electrons. The second-order valence-electron chi connectivity index (χ2n) is 4.22. The Morgan fingerprint density at radius 2 is 1.89 bits per heavy atom. The summed E-state index contributed by atoms with van der Waals surface area (Å²) < 4.78 is 2.03. The minimum Gasteiger partial charge on any atom is -0.324 e. The lowest BCUT2D eigenvalue weighted by Crippen LogP contribution is -2.14. The molecule has 0 saturated heterocycles. The van der Waals surface area contributed by atoms with E-state index in [2.05, 4.69) is 0 Å². The second kappa shape index (κ2) is 4.96. The Hall–Kier alpha value is -1.58. The van der Waals surface area contributed by atoms with Gasteiger partial charge in [0.25, 0.3) is 0 Å². The molecular formula is C14H15ClN2O. The lowest BCUT2D eigenvalue weighted by Gasteiger charge is -2.09. The molecule has 0 unspecified atom stereocenters. The third-order valence-corrected chi connectivity index (χ3v) is 3.25. The molecule has 0 radical (unpaired) electrons. The molecule has 0 bridgehead atoms. The summed E-state index contributed by atoms with van der Waals surface area (Å²) >= 11 is 5.88. The molecule has 3 nitrogen and oxygen atoms in total. The van der Waals surface area contributed by atoms with E-state index in [0.29, 0.717) is 10.6 Å². The summed E-state index contributed by atoms with van der Waals surface area (Å²) in [5.74, 6) is -0.0386. The summed E-state index contributed by atoms with van der Waals surface area (Å²) in [5.41, 5.74) is 9.00. The first-order valence-electron chi connectivity index (χ1n) is 5.72. The van der Waals surface area contributed by atoms with E-state index in [1.807, 2.05) is 48.7 Å². The fourth-order valence-corrected chi connectivity index (χ4v) is 2.27. The lowest BCUT2D eigenvalue weighted by molar-refractivity contribution is 0.100. The van der Waals surface area contributed by atoms with Gasteiger partial charge in [0.1, 0.15) is 0 Å². The van der Waals surface area contributed by atoms with E-state index in [0.717, 1.165) is 17.1 Å². The molecule has 0 spiro atoms. The van der Waals surface area contributed by atoms with E-state index >= 15 is 0 Å². The van der Waals surface area contributed by atoms with Gasteiger partial charge >= 0.3 is 0 Å². The highest BCUT2D eigenvalue weighted by molar-refractivity contribution is 6.30. The van der Waals surface area contributed by atoms with Gasteiger partial charge in [-0.1, -0.05) is 11.6 Å². The maximum atomic E-state index is 11.7. The van der Waals surface area contributed by atoms with Crippen molar-refractivity contribution < 1.29 is 4.79 Å². The number of carbonyl (C=O) groups is 1. The van der Waals surface area contributed by atoms with Crippen molar-refractivity contribution in [2.75, 3.05) is 6.54 Å². The third kappa shape index (κ3) is 2.19. The predicted octanol–water partition coefficient (Wildman–Crippen LogP) is 2.89. The number of aromatic nitrogens is 1. The van der Waals surface area contributed by atoms with Gasteiger partial charge in [0, 0.05) is 27.7 Å². The molecule has 0 aliphatic rings. The number of aryl methyl sites for hydroxylation is 1. The summed E-state index contributed by atoms with van der Waals surface area (Å²) in [5, 5.41) is 0.694. The van der Waals surface area contributed by atoms with E-state index in [4.69, 9.17) is 17.3 Å². The van der Waals surface area contributed by atoms with Crippen LogP contribution in [-0.2, 0) is 0 Å².